The summed E-state index contributed by atoms with van der Waals surface area (Å²) in [5.74, 6) is 0.660. The van der Waals surface area contributed by atoms with Crippen molar-refractivity contribution in [1.29, 1.82) is 0 Å². The highest BCUT2D eigenvalue weighted by Gasteiger charge is 2.09. The molecular formula is C15H23ClN2O2. The topological polar surface area (TPSA) is 50.4 Å². The number of carbonyl (C=O) groups is 1. The van der Waals surface area contributed by atoms with Gasteiger partial charge in [-0.05, 0) is 26.0 Å². The van der Waals surface area contributed by atoms with Crippen molar-refractivity contribution in [3.8, 4) is 5.75 Å². The van der Waals surface area contributed by atoms with Crippen LogP contribution < -0.4 is 15.4 Å². The Morgan fingerprint density at radius 1 is 1.35 bits per heavy atom. The van der Waals surface area contributed by atoms with Crippen molar-refractivity contribution in [2.45, 2.75) is 33.2 Å². The lowest BCUT2D eigenvalue weighted by molar-refractivity contribution is -0.121. The standard InChI is InChI=1S/C15H23ClN2O2/c1-3-9-17-11-12-6-5-7-13(16)15(12)20-10-8-14(19)18-4-2/h5-7,17H,3-4,8-11H2,1-2H3,(H,18,19). The molecular weight excluding hydrogens is 276 g/mol. The van der Waals surface area contributed by atoms with Gasteiger partial charge in [0.1, 0.15) is 5.75 Å². The third kappa shape index (κ3) is 5.80. The maximum absolute atomic E-state index is 11.4. The molecule has 5 heteroatoms. The van der Waals surface area contributed by atoms with Crippen molar-refractivity contribution in [3.63, 3.8) is 0 Å². The van der Waals surface area contributed by atoms with E-state index in [1.165, 1.54) is 0 Å². The summed E-state index contributed by atoms with van der Waals surface area (Å²) in [4.78, 5) is 11.4. The number of nitrogens with one attached hydrogen (secondary N) is 2. The van der Waals surface area contributed by atoms with Crippen molar-refractivity contribution < 1.29 is 9.53 Å². The zero-order valence-electron chi connectivity index (χ0n) is 12.2. The molecule has 2 N–H and O–H groups in total. The van der Waals surface area contributed by atoms with Crippen LogP contribution in [0.4, 0.5) is 0 Å². The molecule has 0 aliphatic carbocycles. The average Bonchev–Trinajstić information content (AvgIpc) is 2.42. The minimum Gasteiger partial charge on any atom is -0.491 e. The van der Waals surface area contributed by atoms with Crippen LogP contribution in [-0.2, 0) is 11.3 Å². The molecule has 1 rings (SSSR count). The molecule has 0 spiro atoms. The van der Waals surface area contributed by atoms with Crippen LogP contribution in [0.15, 0.2) is 18.2 Å². The molecule has 0 aliphatic rings. The second-order valence-corrected chi connectivity index (χ2v) is 4.86. The number of halogens is 1. The van der Waals surface area contributed by atoms with E-state index in [1.807, 2.05) is 19.1 Å². The van der Waals surface area contributed by atoms with Gasteiger partial charge in [0.2, 0.25) is 5.91 Å². The number of para-hydroxylation sites is 1. The van der Waals surface area contributed by atoms with Gasteiger partial charge in [-0.1, -0.05) is 30.7 Å². The fourth-order valence-corrected chi connectivity index (χ4v) is 2.03. The SMILES string of the molecule is CCCNCc1cccc(Cl)c1OCCC(=O)NCC. The first kappa shape index (κ1) is 16.8. The van der Waals surface area contributed by atoms with E-state index in [0.717, 1.165) is 18.5 Å². The normalized spacial score (nSPS) is 10.3. The van der Waals surface area contributed by atoms with Gasteiger partial charge in [-0.15, -0.1) is 0 Å². The number of hydrogen-bond donors (Lipinski definition) is 2. The second kappa shape index (κ2) is 9.61. The Bertz CT molecular complexity index is 424. The van der Waals surface area contributed by atoms with Crippen LogP contribution in [0.3, 0.4) is 0 Å². The predicted octanol–water partition coefficient (Wildman–Crippen LogP) is 2.74. The van der Waals surface area contributed by atoms with E-state index in [9.17, 15) is 4.79 Å². The third-order valence-corrected chi connectivity index (χ3v) is 3.04. The minimum absolute atomic E-state index is 0.00906. The maximum atomic E-state index is 11.4. The van der Waals surface area contributed by atoms with Gasteiger partial charge in [0.15, 0.2) is 0 Å². The molecule has 4 nitrogen and oxygen atoms in total. The second-order valence-electron chi connectivity index (χ2n) is 4.46. The Balaban J connectivity index is 2.56. The molecule has 112 valence electrons. The summed E-state index contributed by atoms with van der Waals surface area (Å²) >= 11 is 6.17. The monoisotopic (exact) mass is 298 g/mol. The number of ether oxygens (including phenoxy) is 1. The fourth-order valence-electron chi connectivity index (χ4n) is 1.79. The highest BCUT2D eigenvalue weighted by atomic mass is 35.5. The van der Waals surface area contributed by atoms with E-state index in [-0.39, 0.29) is 5.91 Å². The van der Waals surface area contributed by atoms with E-state index in [2.05, 4.69) is 17.6 Å². The van der Waals surface area contributed by atoms with Gasteiger partial charge in [-0.25, -0.2) is 0 Å². The van der Waals surface area contributed by atoms with E-state index in [4.69, 9.17) is 16.3 Å². The molecule has 0 saturated heterocycles. The molecule has 1 aromatic rings. The molecule has 0 radical (unpaired) electrons. The highest BCUT2D eigenvalue weighted by Crippen LogP contribution is 2.28. The predicted molar refractivity (Wildman–Crippen MR) is 82.2 cm³/mol. The Hall–Kier alpha value is -1.26. The van der Waals surface area contributed by atoms with Crippen molar-refractivity contribution >= 4 is 17.5 Å². The summed E-state index contributed by atoms with van der Waals surface area (Å²) < 4.78 is 5.68. The van der Waals surface area contributed by atoms with Gasteiger partial charge < -0.3 is 15.4 Å². The van der Waals surface area contributed by atoms with Crippen LogP contribution in [0.5, 0.6) is 5.75 Å². The van der Waals surface area contributed by atoms with E-state index in [0.29, 0.717) is 36.9 Å². The summed E-state index contributed by atoms with van der Waals surface area (Å²) in [6.45, 7) is 6.64. The van der Waals surface area contributed by atoms with Crippen LogP contribution in [0.1, 0.15) is 32.3 Å². The smallest absolute Gasteiger partial charge is 0.223 e. The van der Waals surface area contributed by atoms with Gasteiger partial charge >= 0.3 is 0 Å². The van der Waals surface area contributed by atoms with Crippen molar-refractivity contribution in [2.75, 3.05) is 19.7 Å². The van der Waals surface area contributed by atoms with Crippen LogP contribution in [0.2, 0.25) is 5.02 Å². The lowest BCUT2D eigenvalue weighted by Crippen LogP contribution is -2.24. The number of benzene rings is 1. The first-order valence-electron chi connectivity index (χ1n) is 7.06. The molecule has 0 fully saturated rings. The largest absolute Gasteiger partial charge is 0.491 e. The highest BCUT2D eigenvalue weighted by molar-refractivity contribution is 6.32. The summed E-state index contributed by atoms with van der Waals surface area (Å²) in [6.07, 6.45) is 1.41. The quantitative estimate of drug-likeness (QED) is 0.689. The zero-order chi connectivity index (χ0) is 14.8. The van der Waals surface area contributed by atoms with E-state index < -0.39 is 0 Å². The Morgan fingerprint density at radius 2 is 2.15 bits per heavy atom. The number of amides is 1. The molecule has 0 saturated carbocycles. The summed E-state index contributed by atoms with van der Waals surface area (Å²) in [6, 6.07) is 5.68. The molecule has 20 heavy (non-hydrogen) atoms. The van der Waals surface area contributed by atoms with Crippen molar-refractivity contribution in [1.82, 2.24) is 10.6 Å². The molecule has 0 aromatic heterocycles. The van der Waals surface area contributed by atoms with Crippen molar-refractivity contribution in [3.05, 3.63) is 28.8 Å². The van der Waals surface area contributed by atoms with Gasteiger partial charge in [0.25, 0.3) is 0 Å². The molecule has 0 unspecified atom stereocenters. The van der Waals surface area contributed by atoms with E-state index >= 15 is 0 Å². The van der Waals surface area contributed by atoms with Gasteiger partial charge in [-0.3, -0.25) is 4.79 Å². The molecule has 0 aliphatic heterocycles. The summed E-state index contributed by atoms with van der Waals surface area (Å²) in [7, 11) is 0. The molecule has 0 heterocycles. The van der Waals surface area contributed by atoms with Crippen LogP contribution >= 0.6 is 11.6 Å². The maximum Gasteiger partial charge on any atom is 0.223 e. The van der Waals surface area contributed by atoms with E-state index in [1.54, 1.807) is 6.07 Å². The number of carbonyl (C=O) groups excluding carboxylic acids is 1. The Kier molecular flexibility index (Phi) is 8.07. The zero-order valence-corrected chi connectivity index (χ0v) is 12.9. The van der Waals surface area contributed by atoms with Gasteiger partial charge in [0, 0.05) is 18.7 Å². The molecule has 0 atom stereocenters. The van der Waals surface area contributed by atoms with Crippen LogP contribution in [-0.4, -0.2) is 25.6 Å². The summed E-state index contributed by atoms with van der Waals surface area (Å²) in [5.41, 5.74) is 1.02. The first-order valence-corrected chi connectivity index (χ1v) is 7.44. The summed E-state index contributed by atoms with van der Waals surface area (Å²) in [5, 5.41) is 6.64. The fraction of sp³-hybridized carbons (Fsp3) is 0.533. The molecule has 0 bridgehead atoms. The number of rotatable bonds is 9. The Labute approximate surface area is 125 Å². The molecule has 1 amide bonds. The van der Waals surface area contributed by atoms with Crippen LogP contribution in [0.25, 0.3) is 0 Å². The van der Waals surface area contributed by atoms with Gasteiger partial charge in [0.05, 0.1) is 18.1 Å². The van der Waals surface area contributed by atoms with Crippen molar-refractivity contribution in [2.24, 2.45) is 0 Å². The Morgan fingerprint density at radius 3 is 2.85 bits per heavy atom. The van der Waals surface area contributed by atoms with Gasteiger partial charge in [-0.2, -0.15) is 0 Å². The average molecular weight is 299 g/mol. The number of hydrogen-bond acceptors (Lipinski definition) is 3. The molecule has 1 aromatic carbocycles. The third-order valence-electron chi connectivity index (χ3n) is 2.74. The minimum atomic E-state index is -0.00906. The lowest BCUT2D eigenvalue weighted by atomic mass is 10.2. The van der Waals surface area contributed by atoms with Crippen LogP contribution in [0, 0.1) is 0 Å². The lowest BCUT2D eigenvalue weighted by Gasteiger charge is -2.13. The first-order chi connectivity index (χ1) is 9.69.